The second kappa shape index (κ2) is 9.52. The van der Waals surface area contributed by atoms with Crippen molar-refractivity contribution in [2.24, 2.45) is 0 Å². The molecule has 0 atom stereocenters. The summed E-state index contributed by atoms with van der Waals surface area (Å²) in [6.07, 6.45) is 1.80. The van der Waals surface area contributed by atoms with E-state index in [-0.39, 0.29) is 47.9 Å². The third-order valence-corrected chi connectivity index (χ3v) is 7.18. The maximum absolute atomic E-state index is 15.4. The van der Waals surface area contributed by atoms with Crippen LogP contribution < -0.4 is 5.32 Å². The number of nitrogens with one attached hydrogen (secondary N) is 1. The van der Waals surface area contributed by atoms with Crippen molar-refractivity contribution in [3.8, 4) is 11.1 Å². The van der Waals surface area contributed by atoms with Crippen LogP contribution in [0.15, 0.2) is 42.7 Å². The van der Waals surface area contributed by atoms with Gasteiger partial charge in [-0.1, -0.05) is 6.07 Å². The van der Waals surface area contributed by atoms with Crippen molar-refractivity contribution >= 4 is 17.6 Å². The van der Waals surface area contributed by atoms with Crippen LogP contribution in [0.3, 0.4) is 0 Å². The Morgan fingerprint density at radius 2 is 1.87 bits per heavy atom. The van der Waals surface area contributed by atoms with E-state index in [1.807, 2.05) is 0 Å². The SMILES string of the molecule is CCOC(=O)c1cc(NC(=O)C2(c3ccc(C(F)(F)F)cc3F)CC2)cc(F)c1-c1cnn(C2CCC2)c1. The average Bonchev–Trinajstić information content (AvgIpc) is 3.49. The molecule has 0 aliphatic heterocycles. The first-order valence-corrected chi connectivity index (χ1v) is 12.3. The van der Waals surface area contributed by atoms with Crippen LogP contribution >= 0.6 is 0 Å². The molecule has 200 valence electrons. The van der Waals surface area contributed by atoms with E-state index in [4.69, 9.17) is 4.74 Å². The zero-order chi connectivity index (χ0) is 27.2. The van der Waals surface area contributed by atoms with Gasteiger partial charge >= 0.3 is 12.1 Å². The molecule has 2 fully saturated rings. The predicted molar refractivity (Wildman–Crippen MR) is 127 cm³/mol. The Kier molecular flexibility index (Phi) is 6.48. The number of ether oxygens (including phenoxy) is 1. The number of hydrogen-bond acceptors (Lipinski definition) is 4. The van der Waals surface area contributed by atoms with E-state index in [0.717, 1.165) is 37.5 Å². The van der Waals surface area contributed by atoms with Gasteiger partial charge in [-0.05, 0) is 63.3 Å². The van der Waals surface area contributed by atoms with Crippen LogP contribution in [-0.4, -0.2) is 28.3 Å². The lowest BCUT2D eigenvalue weighted by atomic mass is 9.92. The second-order valence-corrected chi connectivity index (χ2v) is 9.62. The normalized spacial score (nSPS) is 16.6. The zero-order valence-corrected chi connectivity index (χ0v) is 20.4. The molecule has 0 spiro atoms. The van der Waals surface area contributed by atoms with Crippen molar-refractivity contribution in [1.82, 2.24) is 9.78 Å². The lowest BCUT2D eigenvalue weighted by molar-refractivity contribution is -0.137. The maximum atomic E-state index is 15.4. The Labute approximate surface area is 214 Å². The molecule has 11 heteroatoms. The fourth-order valence-electron chi connectivity index (χ4n) is 4.73. The molecule has 1 N–H and O–H groups in total. The van der Waals surface area contributed by atoms with Gasteiger partial charge in [0, 0.05) is 28.6 Å². The molecule has 0 unspecified atom stereocenters. The third-order valence-electron chi connectivity index (χ3n) is 7.18. The first-order chi connectivity index (χ1) is 18.0. The molecule has 1 amide bonds. The number of hydrogen-bond donors (Lipinski definition) is 1. The summed E-state index contributed by atoms with van der Waals surface area (Å²) in [5.74, 6) is -3.46. The number of nitrogens with zero attached hydrogens (tertiary/aromatic N) is 2. The van der Waals surface area contributed by atoms with E-state index in [1.165, 1.54) is 12.3 Å². The van der Waals surface area contributed by atoms with E-state index in [2.05, 4.69) is 10.4 Å². The Morgan fingerprint density at radius 1 is 1.13 bits per heavy atom. The van der Waals surface area contributed by atoms with E-state index in [9.17, 15) is 27.2 Å². The molecular formula is C27H24F5N3O3. The minimum atomic E-state index is -4.73. The molecule has 2 aliphatic rings. The molecule has 3 aromatic rings. The Hall–Kier alpha value is -3.76. The summed E-state index contributed by atoms with van der Waals surface area (Å²) in [5, 5.41) is 6.82. The highest BCUT2D eigenvalue weighted by molar-refractivity contribution is 6.04. The fourth-order valence-corrected chi connectivity index (χ4v) is 4.73. The third kappa shape index (κ3) is 4.65. The van der Waals surface area contributed by atoms with Crippen molar-refractivity contribution in [2.75, 3.05) is 11.9 Å². The number of rotatable bonds is 7. The van der Waals surface area contributed by atoms with Gasteiger partial charge in [0.2, 0.25) is 5.91 Å². The lowest BCUT2D eigenvalue weighted by Crippen LogP contribution is -2.29. The van der Waals surface area contributed by atoms with Crippen LogP contribution in [-0.2, 0) is 21.1 Å². The number of carbonyl (C=O) groups excluding carboxylic acids is 2. The van der Waals surface area contributed by atoms with Crippen LogP contribution in [0.25, 0.3) is 11.1 Å². The number of alkyl halides is 3. The van der Waals surface area contributed by atoms with Crippen LogP contribution in [0.1, 0.15) is 66.6 Å². The zero-order valence-electron chi connectivity index (χ0n) is 20.4. The van der Waals surface area contributed by atoms with Crippen molar-refractivity contribution in [3.05, 3.63) is 71.1 Å². The van der Waals surface area contributed by atoms with Gasteiger partial charge in [-0.25, -0.2) is 13.6 Å². The van der Waals surface area contributed by atoms with E-state index in [1.54, 1.807) is 17.8 Å². The monoisotopic (exact) mass is 533 g/mol. The highest BCUT2D eigenvalue weighted by Crippen LogP contribution is 2.50. The smallest absolute Gasteiger partial charge is 0.416 e. The molecule has 2 aliphatic carbocycles. The molecule has 0 bridgehead atoms. The first kappa shape index (κ1) is 25.9. The number of carbonyl (C=O) groups is 2. The van der Waals surface area contributed by atoms with Gasteiger partial charge < -0.3 is 10.1 Å². The molecule has 2 aromatic carbocycles. The minimum Gasteiger partial charge on any atom is -0.462 e. The quantitative estimate of drug-likeness (QED) is 0.281. The second-order valence-electron chi connectivity index (χ2n) is 9.62. The Morgan fingerprint density at radius 3 is 2.45 bits per heavy atom. The molecular weight excluding hydrogens is 509 g/mol. The molecule has 38 heavy (non-hydrogen) atoms. The summed E-state index contributed by atoms with van der Waals surface area (Å²) in [6, 6.07) is 4.57. The van der Waals surface area contributed by atoms with Crippen molar-refractivity contribution in [2.45, 2.75) is 56.7 Å². The van der Waals surface area contributed by atoms with Gasteiger partial charge in [-0.3, -0.25) is 9.48 Å². The van der Waals surface area contributed by atoms with E-state index < -0.39 is 40.7 Å². The summed E-state index contributed by atoms with van der Waals surface area (Å²) in [4.78, 5) is 25.9. The fraction of sp³-hybridized carbons (Fsp3) is 0.370. The van der Waals surface area contributed by atoms with E-state index in [0.29, 0.717) is 11.6 Å². The summed E-state index contributed by atoms with van der Waals surface area (Å²) < 4.78 is 75.8. The van der Waals surface area contributed by atoms with Crippen LogP contribution in [0.5, 0.6) is 0 Å². The first-order valence-electron chi connectivity index (χ1n) is 12.3. The van der Waals surface area contributed by atoms with Gasteiger partial charge in [0.1, 0.15) is 11.6 Å². The molecule has 6 nitrogen and oxygen atoms in total. The Balaban J connectivity index is 1.45. The van der Waals surface area contributed by atoms with Crippen molar-refractivity contribution in [3.63, 3.8) is 0 Å². The summed E-state index contributed by atoms with van der Waals surface area (Å²) in [5.41, 5.74) is -2.56. The predicted octanol–water partition coefficient (Wildman–Crippen LogP) is 6.42. The number of esters is 1. The number of benzene rings is 2. The average molecular weight is 533 g/mol. The topological polar surface area (TPSA) is 73.2 Å². The van der Waals surface area contributed by atoms with Crippen LogP contribution in [0.4, 0.5) is 27.6 Å². The van der Waals surface area contributed by atoms with Crippen molar-refractivity contribution in [1.29, 1.82) is 0 Å². The van der Waals surface area contributed by atoms with Gasteiger partial charge in [0.25, 0.3) is 0 Å². The van der Waals surface area contributed by atoms with Gasteiger partial charge in [0.15, 0.2) is 0 Å². The number of halogens is 5. The highest BCUT2D eigenvalue weighted by atomic mass is 19.4. The molecule has 2 saturated carbocycles. The molecule has 5 rings (SSSR count). The standard InChI is InChI=1S/C27H24F5N3O3/c1-2-38-24(36)19-11-17(12-22(29)23(19)15-13-33-35(14-15)18-4-3-5-18)34-25(37)26(8-9-26)20-7-6-16(10-21(20)28)27(30,31)32/h6-7,10-14,18H,2-5,8-9H2,1H3,(H,34,37). The summed E-state index contributed by atoms with van der Waals surface area (Å²) in [6.45, 7) is 1.64. The summed E-state index contributed by atoms with van der Waals surface area (Å²) in [7, 11) is 0. The van der Waals surface area contributed by atoms with E-state index >= 15 is 4.39 Å². The van der Waals surface area contributed by atoms with Gasteiger partial charge in [-0.2, -0.15) is 18.3 Å². The highest BCUT2D eigenvalue weighted by Gasteiger charge is 2.53. The lowest BCUT2D eigenvalue weighted by Gasteiger charge is -2.25. The van der Waals surface area contributed by atoms with Crippen LogP contribution in [0, 0.1) is 11.6 Å². The van der Waals surface area contributed by atoms with Gasteiger partial charge in [-0.15, -0.1) is 0 Å². The molecule has 1 aromatic heterocycles. The summed E-state index contributed by atoms with van der Waals surface area (Å²) >= 11 is 0. The molecule has 1 heterocycles. The number of anilines is 1. The largest absolute Gasteiger partial charge is 0.462 e. The van der Waals surface area contributed by atoms with Gasteiger partial charge in [0.05, 0.1) is 35.4 Å². The Bertz CT molecular complexity index is 1410. The maximum Gasteiger partial charge on any atom is 0.416 e. The van der Waals surface area contributed by atoms with Crippen molar-refractivity contribution < 1.29 is 36.3 Å². The molecule has 0 saturated heterocycles. The minimum absolute atomic E-state index is 0.0260. The number of amides is 1. The number of aromatic nitrogens is 2. The molecule has 0 radical (unpaired) electrons. The van der Waals surface area contributed by atoms with Crippen LogP contribution in [0.2, 0.25) is 0 Å².